The van der Waals surface area contributed by atoms with Crippen LogP contribution in [0, 0.1) is 31.6 Å². The maximum atomic E-state index is 12.8. The monoisotopic (exact) mass is 455 g/mol. The minimum absolute atomic E-state index is 0.115. The summed E-state index contributed by atoms with van der Waals surface area (Å²) in [5.74, 6) is -0.255. The van der Waals surface area contributed by atoms with E-state index in [1.165, 1.54) is 48.5 Å². The molecule has 0 aromatic heterocycles. The molecule has 3 aromatic rings. The molecule has 0 saturated heterocycles. The van der Waals surface area contributed by atoms with E-state index < -0.39 is 27.3 Å². The summed E-state index contributed by atoms with van der Waals surface area (Å²) in [6, 6.07) is 15.3. The summed E-state index contributed by atoms with van der Waals surface area (Å²) >= 11 is 0. The lowest BCUT2D eigenvalue weighted by atomic mass is 10.0. The third-order valence-electron chi connectivity index (χ3n) is 4.39. The molecule has 33 heavy (non-hydrogen) atoms. The Bertz CT molecular complexity index is 1300. The average molecular weight is 455 g/mol. The fourth-order valence-corrected chi connectivity index (χ4v) is 2.82. The van der Waals surface area contributed by atoms with Crippen LogP contribution in [0.25, 0.3) is 11.6 Å². The SMILES string of the molecule is N#C/C(=C/c1ccc(Oc2ccc(C(F)(F)F)cc2[N+](=O)[O-])cc1)c1cccc([N+](=O)[O-])c1. The topological polar surface area (TPSA) is 119 Å². The van der Waals surface area contributed by atoms with Crippen LogP contribution in [0.15, 0.2) is 66.7 Å². The fraction of sp³-hybridized carbons (Fsp3) is 0.0455. The Hall–Kier alpha value is -4.72. The molecule has 0 heterocycles. The summed E-state index contributed by atoms with van der Waals surface area (Å²) in [7, 11) is 0. The van der Waals surface area contributed by atoms with Crippen LogP contribution in [0.4, 0.5) is 24.5 Å². The maximum absolute atomic E-state index is 12.8. The highest BCUT2D eigenvalue weighted by atomic mass is 19.4. The molecular weight excluding hydrogens is 443 g/mol. The highest BCUT2D eigenvalue weighted by molar-refractivity contribution is 5.90. The molecule has 0 N–H and O–H groups in total. The molecule has 3 aromatic carbocycles. The van der Waals surface area contributed by atoms with Gasteiger partial charge in [-0.25, -0.2) is 0 Å². The summed E-state index contributed by atoms with van der Waals surface area (Å²) in [5.41, 5.74) is -1.17. The molecule has 0 aliphatic carbocycles. The van der Waals surface area contributed by atoms with Crippen LogP contribution < -0.4 is 4.74 Å². The van der Waals surface area contributed by atoms with Gasteiger partial charge in [0, 0.05) is 18.2 Å². The number of nitriles is 1. The van der Waals surface area contributed by atoms with Crippen LogP contribution in [0.2, 0.25) is 0 Å². The summed E-state index contributed by atoms with van der Waals surface area (Å²) in [6.45, 7) is 0. The third-order valence-corrected chi connectivity index (χ3v) is 4.39. The summed E-state index contributed by atoms with van der Waals surface area (Å²) < 4.78 is 43.9. The van der Waals surface area contributed by atoms with Crippen molar-refractivity contribution in [2.45, 2.75) is 6.18 Å². The Balaban J connectivity index is 1.86. The molecule has 0 fully saturated rings. The molecular formula is C22H12F3N3O5. The minimum atomic E-state index is -4.74. The number of rotatable bonds is 6. The van der Waals surface area contributed by atoms with E-state index in [9.17, 15) is 38.7 Å². The van der Waals surface area contributed by atoms with Crippen molar-refractivity contribution in [3.05, 3.63) is 104 Å². The van der Waals surface area contributed by atoms with E-state index in [1.807, 2.05) is 6.07 Å². The molecule has 11 heteroatoms. The van der Waals surface area contributed by atoms with Gasteiger partial charge in [-0.3, -0.25) is 20.2 Å². The lowest BCUT2D eigenvalue weighted by molar-refractivity contribution is -0.385. The van der Waals surface area contributed by atoms with Gasteiger partial charge in [-0.1, -0.05) is 24.3 Å². The molecule has 0 spiro atoms. The largest absolute Gasteiger partial charge is 0.450 e. The first-order chi connectivity index (χ1) is 15.6. The van der Waals surface area contributed by atoms with Gasteiger partial charge in [-0.15, -0.1) is 0 Å². The summed E-state index contributed by atoms with van der Waals surface area (Å²) in [5, 5.41) is 31.5. The van der Waals surface area contributed by atoms with Crippen molar-refractivity contribution in [2.75, 3.05) is 0 Å². The van der Waals surface area contributed by atoms with E-state index >= 15 is 0 Å². The van der Waals surface area contributed by atoms with Crippen LogP contribution in [0.1, 0.15) is 16.7 Å². The van der Waals surface area contributed by atoms with Crippen molar-refractivity contribution in [3.8, 4) is 17.6 Å². The standard InChI is InChI=1S/C22H12F3N3O5/c23-22(24,25)17-6-9-21(20(12-17)28(31)32)33-19-7-4-14(5-8-19)10-16(13-26)15-2-1-3-18(11-15)27(29)30/h1-12H/b16-10-. The molecule has 0 unspecified atom stereocenters. The highest BCUT2D eigenvalue weighted by Gasteiger charge is 2.33. The minimum Gasteiger partial charge on any atom is -0.450 e. The van der Waals surface area contributed by atoms with Gasteiger partial charge >= 0.3 is 11.9 Å². The molecule has 0 radical (unpaired) electrons. The predicted molar refractivity (Wildman–Crippen MR) is 111 cm³/mol. The first kappa shape index (κ1) is 23.0. The number of halogens is 3. The zero-order chi connectivity index (χ0) is 24.2. The van der Waals surface area contributed by atoms with Gasteiger partial charge in [-0.2, -0.15) is 18.4 Å². The highest BCUT2D eigenvalue weighted by Crippen LogP contribution is 2.38. The van der Waals surface area contributed by atoms with Crippen LogP contribution in [-0.4, -0.2) is 9.85 Å². The van der Waals surface area contributed by atoms with Gasteiger partial charge in [0.25, 0.3) is 5.69 Å². The van der Waals surface area contributed by atoms with E-state index in [-0.39, 0.29) is 22.8 Å². The molecule has 0 bridgehead atoms. The maximum Gasteiger partial charge on any atom is 0.416 e. The number of hydrogen-bond acceptors (Lipinski definition) is 6. The van der Waals surface area contributed by atoms with Gasteiger partial charge in [0.15, 0.2) is 0 Å². The van der Waals surface area contributed by atoms with E-state index in [4.69, 9.17) is 4.74 Å². The van der Waals surface area contributed by atoms with Crippen molar-refractivity contribution in [3.63, 3.8) is 0 Å². The van der Waals surface area contributed by atoms with Gasteiger partial charge in [0.2, 0.25) is 5.75 Å². The molecule has 0 amide bonds. The first-order valence-electron chi connectivity index (χ1n) is 9.08. The Morgan fingerprint density at radius 1 is 0.970 bits per heavy atom. The normalized spacial score (nSPS) is 11.5. The quantitative estimate of drug-likeness (QED) is 0.184. The number of allylic oxidation sites excluding steroid dienone is 1. The van der Waals surface area contributed by atoms with Crippen molar-refractivity contribution < 1.29 is 27.8 Å². The summed E-state index contributed by atoms with van der Waals surface area (Å²) in [6.07, 6.45) is -3.27. The number of hydrogen-bond donors (Lipinski definition) is 0. The van der Waals surface area contributed by atoms with Gasteiger partial charge in [0.05, 0.1) is 27.1 Å². The van der Waals surface area contributed by atoms with Crippen molar-refractivity contribution >= 4 is 23.0 Å². The van der Waals surface area contributed by atoms with Crippen molar-refractivity contribution in [1.82, 2.24) is 0 Å². The molecule has 0 aliphatic heterocycles. The Labute approximate surface area is 184 Å². The van der Waals surface area contributed by atoms with Crippen LogP contribution in [-0.2, 0) is 6.18 Å². The zero-order valence-corrected chi connectivity index (χ0v) is 16.4. The van der Waals surface area contributed by atoms with Crippen LogP contribution in [0.3, 0.4) is 0 Å². The van der Waals surface area contributed by atoms with Gasteiger partial charge < -0.3 is 4.74 Å². The number of nitrogens with zero attached hydrogens (tertiary/aromatic N) is 3. The van der Waals surface area contributed by atoms with Crippen LogP contribution in [0.5, 0.6) is 11.5 Å². The predicted octanol–water partition coefficient (Wildman–Crippen LogP) is 6.38. The second-order valence-electron chi connectivity index (χ2n) is 6.59. The van der Waals surface area contributed by atoms with E-state index in [1.54, 1.807) is 6.07 Å². The lowest BCUT2D eigenvalue weighted by Gasteiger charge is -2.10. The molecule has 0 atom stereocenters. The number of nitro benzene ring substituents is 2. The number of alkyl halides is 3. The molecule has 166 valence electrons. The lowest BCUT2D eigenvalue weighted by Crippen LogP contribution is -2.06. The second-order valence-corrected chi connectivity index (χ2v) is 6.59. The van der Waals surface area contributed by atoms with E-state index in [0.717, 1.165) is 6.07 Å². The molecule has 8 nitrogen and oxygen atoms in total. The van der Waals surface area contributed by atoms with Gasteiger partial charge in [-0.05, 0) is 41.5 Å². The van der Waals surface area contributed by atoms with Crippen LogP contribution >= 0.6 is 0 Å². The van der Waals surface area contributed by atoms with Crippen molar-refractivity contribution in [1.29, 1.82) is 5.26 Å². The first-order valence-corrected chi connectivity index (χ1v) is 9.08. The average Bonchev–Trinajstić information content (AvgIpc) is 2.78. The number of benzene rings is 3. The molecule has 3 rings (SSSR count). The molecule has 0 aliphatic rings. The van der Waals surface area contributed by atoms with Gasteiger partial charge in [0.1, 0.15) is 5.75 Å². The number of non-ortho nitro benzene ring substituents is 1. The third kappa shape index (κ3) is 5.50. The zero-order valence-electron chi connectivity index (χ0n) is 16.4. The fourth-order valence-electron chi connectivity index (χ4n) is 2.82. The Morgan fingerprint density at radius 3 is 2.24 bits per heavy atom. The number of nitro groups is 2. The second kappa shape index (κ2) is 9.19. The smallest absolute Gasteiger partial charge is 0.416 e. The Kier molecular flexibility index (Phi) is 6.39. The van der Waals surface area contributed by atoms with Crippen molar-refractivity contribution in [2.24, 2.45) is 0 Å². The summed E-state index contributed by atoms with van der Waals surface area (Å²) in [4.78, 5) is 20.6. The van der Waals surface area contributed by atoms with E-state index in [0.29, 0.717) is 23.3 Å². The van der Waals surface area contributed by atoms with E-state index in [2.05, 4.69) is 0 Å². The molecule has 0 saturated carbocycles. The number of ether oxygens (including phenoxy) is 1. The Morgan fingerprint density at radius 2 is 1.67 bits per heavy atom.